The fourth-order valence-corrected chi connectivity index (χ4v) is 1.74. The average Bonchev–Trinajstić information content (AvgIpc) is 2.34. The van der Waals surface area contributed by atoms with Gasteiger partial charge in [0.2, 0.25) is 0 Å². The second-order valence-corrected chi connectivity index (χ2v) is 4.59. The summed E-state index contributed by atoms with van der Waals surface area (Å²) in [4.78, 5) is 0. The van der Waals surface area contributed by atoms with Crippen LogP contribution >= 0.6 is 0 Å². The fraction of sp³-hybridized carbons (Fsp3) is 0.143. The lowest BCUT2D eigenvalue weighted by molar-refractivity contribution is 0.353. The van der Waals surface area contributed by atoms with Gasteiger partial charge in [0.05, 0.1) is 0 Å². The lowest BCUT2D eigenvalue weighted by Gasteiger charge is -2.15. The van der Waals surface area contributed by atoms with Crippen molar-refractivity contribution in [2.45, 2.75) is 6.92 Å². The van der Waals surface area contributed by atoms with Gasteiger partial charge < -0.3 is 17.7 Å². The van der Waals surface area contributed by atoms with Gasteiger partial charge in [0, 0.05) is 0 Å². The maximum absolute atomic E-state index is 12.6. The number of rotatable bonds is 4. The highest BCUT2D eigenvalue weighted by molar-refractivity contribution is 6.73. The highest BCUT2D eigenvalue weighted by Gasteiger charge is 2.25. The van der Waals surface area contributed by atoms with Crippen molar-refractivity contribution in [2.24, 2.45) is 0 Å². The van der Waals surface area contributed by atoms with Crippen molar-refractivity contribution in [3.63, 3.8) is 0 Å². The van der Waals surface area contributed by atoms with Crippen LogP contribution in [0.4, 0.5) is 12.9 Å². The number of halogens is 3. The Morgan fingerprint density at radius 2 is 1.74 bits per heavy atom. The lowest BCUT2D eigenvalue weighted by Crippen LogP contribution is -2.33. The molecule has 0 atom stereocenters. The normalized spacial score (nSPS) is 11.6. The molecular formula is C14H13BF3O-. The molecule has 2 aromatic rings. The Hall–Kier alpha value is -1.91. The first-order valence-electron chi connectivity index (χ1n) is 5.87. The molecule has 2 rings (SSSR count). The number of ether oxygens (including phenoxy) is 1. The first kappa shape index (κ1) is 13.5. The van der Waals surface area contributed by atoms with Gasteiger partial charge in [0.1, 0.15) is 12.4 Å². The molecule has 100 valence electrons. The number of hydrogen-bond acceptors (Lipinski definition) is 1. The monoisotopic (exact) mass is 265 g/mol. The molecule has 0 aliphatic rings. The summed E-state index contributed by atoms with van der Waals surface area (Å²) in [7, 11) is 0. The summed E-state index contributed by atoms with van der Waals surface area (Å²) in [6.07, 6.45) is 0. The van der Waals surface area contributed by atoms with E-state index in [1.807, 2.05) is 6.92 Å². The van der Waals surface area contributed by atoms with Crippen molar-refractivity contribution in [1.29, 1.82) is 0 Å². The Morgan fingerprint density at radius 3 is 2.37 bits per heavy atom. The maximum atomic E-state index is 12.6. The molecule has 19 heavy (non-hydrogen) atoms. The smallest absolute Gasteiger partial charge is 0.489 e. The summed E-state index contributed by atoms with van der Waals surface area (Å²) in [6.45, 7) is 1.01. The second-order valence-electron chi connectivity index (χ2n) is 4.59. The molecule has 0 aliphatic carbocycles. The average molecular weight is 265 g/mol. The fourth-order valence-electron chi connectivity index (χ4n) is 1.74. The Bertz CT molecular complexity index is 620. The maximum Gasteiger partial charge on any atom is 0.509 e. The van der Waals surface area contributed by atoms with E-state index in [-0.39, 0.29) is 0 Å². The van der Waals surface area contributed by atoms with Crippen LogP contribution in [0.1, 0.15) is 6.92 Å². The highest BCUT2D eigenvalue weighted by Crippen LogP contribution is 2.22. The first-order valence-corrected chi connectivity index (χ1v) is 5.87. The molecule has 0 heterocycles. The van der Waals surface area contributed by atoms with Crippen LogP contribution in [0.5, 0.6) is 5.75 Å². The molecule has 0 radical (unpaired) electrons. The van der Waals surface area contributed by atoms with Gasteiger partial charge in [-0.2, -0.15) is 0 Å². The van der Waals surface area contributed by atoms with Crippen LogP contribution in [0.25, 0.3) is 10.8 Å². The van der Waals surface area contributed by atoms with Gasteiger partial charge in [-0.1, -0.05) is 30.8 Å². The Kier molecular flexibility index (Phi) is 3.56. The minimum atomic E-state index is -4.96. The molecule has 5 heteroatoms. The van der Waals surface area contributed by atoms with Crippen molar-refractivity contribution < 1.29 is 17.7 Å². The van der Waals surface area contributed by atoms with E-state index in [1.165, 1.54) is 6.07 Å². The van der Waals surface area contributed by atoms with Gasteiger partial charge in [0.25, 0.3) is 0 Å². The minimum Gasteiger partial charge on any atom is -0.489 e. The molecule has 0 saturated carbocycles. The van der Waals surface area contributed by atoms with E-state index in [0.717, 1.165) is 23.1 Å². The highest BCUT2D eigenvalue weighted by atomic mass is 19.4. The van der Waals surface area contributed by atoms with E-state index < -0.39 is 12.4 Å². The van der Waals surface area contributed by atoms with Crippen LogP contribution in [-0.4, -0.2) is 13.6 Å². The molecule has 0 bridgehead atoms. The standard InChI is InChI=1S/C14H13BF3O/c1-10(2)9-19-14-6-4-11-7-13(15(16,17)18)5-3-12(11)8-14/h3-8H,1,9H2,2H3/q-1. The predicted octanol–water partition coefficient (Wildman–Crippen LogP) is 3.85. The van der Waals surface area contributed by atoms with Crippen molar-refractivity contribution >= 4 is 23.2 Å². The van der Waals surface area contributed by atoms with E-state index >= 15 is 0 Å². The molecule has 2 aromatic carbocycles. The second kappa shape index (κ2) is 5.00. The van der Waals surface area contributed by atoms with Crippen LogP contribution < -0.4 is 10.2 Å². The number of hydrogen-bond donors (Lipinski definition) is 0. The molecule has 0 fully saturated rings. The summed E-state index contributed by atoms with van der Waals surface area (Å²) >= 11 is 0. The molecular weight excluding hydrogens is 252 g/mol. The van der Waals surface area contributed by atoms with Gasteiger partial charge in [-0.05, 0) is 35.4 Å². The lowest BCUT2D eigenvalue weighted by atomic mass is 9.79. The van der Waals surface area contributed by atoms with Gasteiger partial charge in [-0.25, -0.2) is 0 Å². The summed E-state index contributed by atoms with van der Waals surface area (Å²) in [5, 5.41) is 1.28. The minimum absolute atomic E-state index is 0.398. The molecule has 1 nitrogen and oxygen atoms in total. The van der Waals surface area contributed by atoms with Crippen LogP contribution in [0.2, 0.25) is 0 Å². The summed E-state index contributed by atoms with van der Waals surface area (Å²) < 4.78 is 43.4. The molecule has 0 aliphatic heterocycles. The van der Waals surface area contributed by atoms with Crippen LogP contribution in [0, 0.1) is 0 Å². The predicted molar refractivity (Wildman–Crippen MR) is 73.0 cm³/mol. The topological polar surface area (TPSA) is 9.23 Å². The van der Waals surface area contributed by atoms with Gasteiger partial charge in [-0.3, -0.25) is 0 Å². The van der Waals surface area contributed by atoms with Gasteiger partial charge >= 0.3 is 6.98 Å². The molecule has 0 aromatic heterocycles. The van der Waals surface area contributed by atoms with Crippen LogP contribution in [0.3, 0.4) is 0 Å². The Balaban J connectivity index is 2.32. The Labute approximate surface area is 109 Å². The first-order chi connectivity index (χ1) is 8.86. The third-order valence-electron chi connectivity index (χ3n) is 2.70. The zero-order valence-corrected chi connectivity index (χ0v) is 10.5. The van der Waals surface area contributed by atoms with Crippen molar-refractivity contribution in [3.05, 3.63) is 48.6 Å². The SMILES string of the molecule is C=C(C)COc1ccc2cc([B-](F)(F)F)ccc2c1. The van der Waals surface area contributed by atoms with E-state index in [9.17, 15) is 12.9 Å². The van der Waals surface area contributed by atoms with Crippen LogP contribution in [0.15, 0.2) is 48.6 Å². The van der Waals surface area contributed by atoms with Gasteiger partial charge in [-0.15, -0.1) is 5.46 Å². The van der Waals surface area contributed by atoms with Gasteiger partial charge in [0.15, 0.2) is 0 Å². The summed E-state index contributed by atoms with van der Waals surface area (Å²) in [6, 6.07) is 8.76. The largest absolute Gasteiger partial charge is 0.509 e. The van der Waals surface area contributed by atoms with Crippen molar-refractivity contribution in [2.75, 3.05) is 6.61 Å². The van der Waals surface area contributed by atoms with E-state index in [2.05, 4.69) is 6.58 Å². The van der Waals surface area contributed by atoms with Crippen molar-refractivity contribution in [1.82, 2.24) is 0 Å². The summed E-state index contributed by atoms with van der Waals surface area (Å²) in [5.41, 5.74) is 0.304. The quantitative estimate of drug-likeness (QED) is 0.602. The molecule has 0 amide bonds. The van der Waals surface area contributed by atoms with E-state index in [0.29, 0.717) is 17.7 Å². The molecule has 0 spiro atoms. The number of fused-ring (bicyclic) bond motifs is 1. The van der Waals surface area contributed by atoms with Crippen molar-refractivity contribution in [3.8, 4) is 5.75 Å². The van der Waals surface area contributed by atoms with E-state index in [4.69, 9.17) is 4.74 Å². The number of benzene rings is 2. The zero-order valence-electron chi connectivity index (χ0n) is 10.5. The molecule has 0 N–H and O–H groups in total. The van der Waals surface area contributed by atoms with Crippen LogP contribution in [-0.2, 0) is 0 Å². The molecule has 0 saturated heterocycles. The zero-order chi connectivity index (χ0) is 14.0. The van der Waals surface area contributed by atoms with E-state index in [1.54, 1.807) is 18.2 Å². The third-order valence-corrected chi connectivity index (χ3v) is 2.70. The molecule has 0 unspecified atom stereocenters. The third kappa shape index (κ3) is 3.31. The Morgan fingerprint density at radius 1 is 1.11 bits per heavy atom. The summed E-state index contributed by atoms with van der Waals surface area (Å²) in [5.74, 6) is 0.626.